The fraction of sp³-hybridized carbons (Fsp3) is 0.667. The molecular formula is C18H30N4O. The molecule has 5 heteroatoms. The number of likely N-dealkylation sites (N-methyl/N-ethyl adjacent to an activating group) is 1. The number of hydrogen-bond acceptors (Lipinski definition) is 4. The number of pyridine rings is 1. The van der Waals surface area contributed by atoms with E-state index in [0.717, 1.165) is 57.9 Å². The predicted octanol–water partition coefficient (Wildman–Crippen LogP) is 2.02. The molecule has 0 atom stereocenters. The van der Waals surface area contributed by atoms with Crippen molar-refractivity contribution in [1.29, 1.82) is 0 Å². The lowest BCUT2D eigenvalue weighted by Crippen LogP contribution is -2.34. The number of carbonyl (C=O) groups is 1. The van der Waals surface area contributed by atoms with Crippen LogP contribution in [-0.4, -0.2) is 67.0 Å². The minimum atomic E-state index is 0.279. The molecule has 1 fully saturated rings. The van der Waals surface area contributed by atoms with Crippen molar-refractivity contribution in [2.75, 3.05) is 51.2 Å². The molecule has 0 unspecified atom stereocenters. The Hall–Kier alpha value is -1.62. The smallest absolute Gasteiger partial charge is 0.222 e. The predicted molar refractivity (Wildman–Crippen MR) is 94.8 cm³/mol. The summed E-state index contributed by atoms with van der Waals surface area (Å²) >= 11 is 0. The van der Waals surface area contributed by atoms with Gasteiger partial charge in [-0.3, -0.25) is 4.79 Å². The Bertz CT molecular complexity index is 502. The Kier molecular flexibility index (Phi) is 6.84. The zero-order valence-corrected chi connectivity index (χ0v) is 14.8. The quantitative estimate of drug-likeness (QED) is 0.804. The SMILES string of the molecule is CCN(CC)c1cc(CCC(=O)N2CCCN(C)CC2)ccn1. The molecule has 0 radical (unpaired) electrons. The molecule has 1 saturated heterocycles. The molecule has 1 aliphatic heterocycles. The van der Waals surface area contributed by atoms with Crippen LogP contribution >= 0.6 is 0 Å². The van der Waals surface area contributed by atoms with Gasteiger partial charge in [0.1, 0.15) is 5.82 Å². The van der Waals surface area contributed by atoms with E-state index in [2.05, 4.69) is 41.7 Å². The molecule has 1 amide bonds. The average Bonchev–Trinajstić information content (AvgIpc) is 2.79. The maximum absolute atomic E-state index is 12.4. The molecule has 0 N–H and O–H groups in total. The molecule has 0 spiro atoms. The van der Waals surface area contributed by atoms with E-state index in [0.29, 0.717) is 6.42 Å². The summed E-state index contributed by atoms with van der Waals surface area (Å²) in [6.07, 6.45) is 4.31. The van der Waals surface area contributed by atoms with Gasteiger partial charge in [0.2, 0.25) is 5.91 Å². The van der Waals surface area contributed by atoms with Crippen molar-refractivity contribution < 1.29 is 4.79 Å². The fourth-order valence-electron chi connectivity index (χ4n) is 3.04. The standard InChI is InChI=1S/C18H30N4O/c1-4-21(5-2)17-15-16(9-10-19-17)7-8-18(23)22-12-6-11-20(3)13-14-22/h9-10,15H,4-8,11-14H2,1-3H3. The molecule has 5 nitrogen and oxygen atoms in total. The largest absolute Gasteiger partial charge is 0.357 e. The van der Waals surface area contributed by atoms with E-state index in [1.807, 2.05) is 17.2 Å². The summed E-state index contributed by atoms with van der Waals surface area (Å²) in [7, 11) is 2.12. The van der Waals surface area contributed by atoms with Crippen molar-refractivity contribution in [2.24, 2.45) is 0 Å². The van der Waals surface area contributed by atoms with Crippen LogP contribution in [0.3, 0.4) is 0 Å². The van der Waals surface area contributed by atoms with Gasteiger partial charge in [-0.2, -0.15) is 0 Å². The van der Waals surface area contributed by atoms with Gasteiger partial charge >= 0.3 is 0 Å². The summed E-state index contributed by atoms with van der Waals surface area (Å²) in [5.41, 5.74) is 1.20. The molecule has 1 aromatic heterocycles. The van der Waals surface area contributed by atoms with Crippen molar-refractivity contribution in [1.82, 2.24) is 14.8 Å². The van der Waals surface area contributed by atoms with Gasteiger partial charge < -0.3 is 14.7 Å². The summed E-state index contributed by atoms with van der Waals surface area (Å²) in [6, 6.07) is 4.15. The van der Waals surface area contributed by atoms with Crippen LogP contribution in [0.15, 0.2) is 18.3 Å². The Balaban J connectivity index is 1.90. The molecule has 0 bridgehead atoms. The second kappa shape index (κ2) is 8.87. The number of carbonyl (C=O) groups excluding carboxylic acids is 1. The molecule has 23 heavy (non-hydrogen) atoms. The van der Waals surface area contributed by atoms with Crippen molar-refractivity contribution in [3.05, 3.63) is 23.9 Å². The van der Waals surface area contributed by atoms with Gasteiger partial charge in [0.25, 0.3) is 0 Å². The lowest BCUT2D eigenvalue weighted by molar-refractivity contribution is -0.131. The molecule has 0 saturated carbocycles. The third-order valence-corrected chi connectivity index (χ3v) is 4.60. The zero-order chi connectivity index (χ0) is 16.7. The van der Waals surface area contributed by atoms with Crippen molar-refractivity contribution in [3.63, 3.8) is 0 Å². The first kappa shape index (κ1) is 17.7. The van der Waals surface area contributed by atoms with Crippen LogP contribution in [0.25, 0.3) is 0 Å². The highest BCUT2D eigenvalue weighted by molar-refractivity contribution is 5.76. The van der Waals surface area contributed by atoms with Gasteiger partial charge in [0, 0.05) is 45.3 Å². The zero-order valence-electron chi connectivity index (χ0n) is 14.8. The third-order valence-electron chi connectivity index (χ3n) is 4.60. The van der Waals surface area contributed by atoms with Gasteiger partial charge in [-0.25, -0.2) is 4.98 Å². The highest BCUT2D eigenvalue weighted by atomic mass is 16.2. The van der Waals surface area contributed by atoms with Crippen LogP contribution in [0, 0.1) is 0 Å². The monoisotopic (exact) mass is 318 g/mol. The lowest BCUT2D eigenvalue weighted by atomic mass is 10.1. The van der Waals surface area contributed by atoms with Crippen LogP contribution in [0.2, 0.25) is 0 Å². The summed E-state index contributed by atoms with van der Waals surface area (Å²) in [4.78, 5) is 23.4. The maximum Gasteiger partial charge on any atom is 0.222 e. The van der Waals surface area contributed by atoms with E-state index in [4.69, 9.17) is 0 Å². The van der Waals surface area contributed by atoms with E-state index < -0.39 is 0 Å². The lowest BCUT2D eigenvalue weighted by Gasteiger charge is -2.21. The summed E-state index contributed by atoms with van der Waals surface area (Å²) in [6.45, 7) is 9.99. The highest BCUT2D eigenvalue weighted by Gasteiger charge is 2.17. The van der Waals surface area contributed by atoms with Crippen LogP contribution < -0.4 is 4.90 Å². The van der Waals surface area contributed by atoms with E-state index in [1.54, 1.807) is 0 Å². The van der Waals surface area contributed by atoms with Gasteiger partial charge in [0.05, 0.1) is 0 Å². The number of amides is 1. The third kappa shape index (κ3) is 5.20. The van der Waals surface area contributed by atoms with Crippen LogP contribution in [0.4, 0.5) is 5.82 Å². The van der Waals surface area contributed by atoms with Crippen LogP contribution in [0.5, 0.6) is 0 Å². The Labute approximate surface area is 140 Å². The summed E-state index contributed by atoms with van der Waals surface area (Å²) in [5.74, 6) is 1.29. The first-order chi connectivity index (χ1) is 11.1. The van der Waals surface area contributed by atoms with E-state index in [-0.39, 0.29) is 5.91 Å². The topological polar surface area (TPSA) is 39.7 Å². The van der Waals surface area contributed by atoms with E-state index in [9.17, 15) is 4.79 Å². The Morgan fingerprint density at radius 1 is 1.22 bits per heavy atom. The number of aryl methyl sites for hydroxylation is 1. The maximum atomic E-state index is 12.4. The minimum absolute atomic E-state index is 0.279. The van der Waals surface area contributed by atoms with Gasteiger partial charge in [0.15, 0.2) is 0 Å². The van der Waals surface area contributed by atoms with Crippen molar-refractivity contribution in [2.45, 2.75) is 33.1 Å². The highest BCUT2D eigenvalue weighted by Crippen LogP contribution is 2.14. The van der Waals surface area contributed by atoms with E-state index in [1.165, 1.54) is 5.56 Å². The van der Waals surface area contributed by atoms with Crippen LogP contribution in [0.1, 0.15) is 32.3 Å². The molecule has 2 rings (SSSR count). The van der Waals surface area contributed by atoms with E-state index >= 15 is 0 Å². The number of anilines is 1. The van der Waals surface area contributed by atoms with Crippen molar-refractivity contribution >= 4 is 11.7 Å². The summed E-state index contributed by atoms with van der Waals surface area (Å²) in [5, 5.41) is 0. The van der Waals surface area contributed by atoms with Crippen molar-refractivity contribution in [3.8, 4) is 0 Å². The Morgan fingerprint density at radius 3 is 2.74 bits per heavy atom. The number of rotatable bonds is 6. The second-order valence-corrected chi connectivity index (χ2v) is 6.23. The minimum Gasteiger partial charge on any atom is -0.357 e. The molecule has 1 aliphatic rings. The fourth-order valence-corrected chi connectivity index (χ4v) is 3.04. The van der Waals surface area contributed by atoms with Gasteiger partial charge in [-0.05, 0) is 58.0 Å². The van der Waals surface area contributed by atoms with Gasteiger partial charge in [-0.15, -0.1) is 0 Å². The molecule has 128 valence electrons. The average molecular weight is 318 g/mol. The second-order valence-electron chi connectivity index (χ2n) is 6.23. The van der Waals surface area contributed by atoms with Crippen LogP contribution in [-0.2, 0) is 11.2 Å². The molecule has 0 aromatic carbocycles. The first-order valence-corrected chi connectivity index (χ1v) is 8.80. The number of hydrogen-bond donors (Lipinski definition) is 0. The molecule has 2 heterocycles. The molecule has 1 aromatic rings. The molecular weight excluding hydrogens is 288 g/mol. The normalized spacial score (nSPS) is 16.2. The van der Waals surface area contributed by atoms with Gasteiger partial charge in [-0.1, -0.05) is 0 Å². The Morgan fingerprint density at radius 2 is 2.00 bits per heavy atom. The number of aromatic nitrogens is 1. The number of nitrogens with zero attached hydrogens (tertiary/aromatic N) is 4. The summed E-state index contributed by atoms with van der Waals surface area (Å²) < 4.78 is 0. The first-order valence-electron chi connectivity index (χ1n) is 8.80. The molecule has 0 aliphatic carbocycles.